The van der Waals surface area contributed by atoms with E-state index in [2.05, 4.69) is 238 Å². The molecule has 0 amide bonds. The number of benzene rings is 10. The monoisotopic (exact) mass is 811 g/mol. The van der Waals surface area contributed by atoms with E-state index in [1.165, 1.54) is 59.3 Å². The second kappa shape index (κ2) is 15.2. The molecule has 0 aliphatic carbocycles. The van der Waals surface area contributed by atoms with E-state index in [4.69, 9.17) is 4.42 Å². The number of hydrogen-bond donors (Lipinski definition) is 0. The van der Waals surface area contributed by atoms with Crippen LogP contribution in [0.25, 0.3) is 54.6 Å². The van der Waals surface area contributed by atoms with Gasteiger partial charge in [0.05, 0.1) is 0 Å². The Labute approximate surface area is 364 Å². The largest absolute Gasteiger partial charge is 0.455 e. The summed E-state index contributed by atoms with van der Waals surface area (Å²) in [6, 6.07) is 81.2. The Hall–Kier alpha value is -7.46. The number of fused-ring (bicyclic) bond motifs is 6. The summed E-state index contributed by atoms with van der Waals surface area (Å²) in [6.07, 6.45) is 0. The maximum atomic E-state index is 6.63. The van der Waals surface area contributed by atoms with Crippen LogP contribution in [0, 0.1) is 20.8 Å². The van der Waals surface area contributed by atoms with Crippen molar-refractivity contribution in [3.63, 3.8) is 0 Å². The Morgan fingerprint density at radius 2 is 0.887 bits per heavy atom. The average Bonchev–Trinajstić information content (AvgIpc) is 3.71. The van der Waals surface area contributed by atoms with Gasteiger partial charge in [-0.3, -0.25) is 0 Å². The lowest BCUT2D eigenvalue weighted by atomic mass is 9.98. The zero-order valence-corrected chi connectivity index (χ0v) is 36.1. The van der Waals surface area contributed by atoms with E-state index in [0.29, 0.717) is 0 Å². The molecule has 0 aliphatic heterocycles. The second-order valence-electron chi connectivity index (χ2n) is 16.8. The van der Waals surface area contributed by atoms with Gasteiger partial charge in [-0.25, -0.2) is 0 Å². The lowest BCUT2D eigenvalue weighted by Gasteiger charge is -2.36. The third kappa shape index (κ3) is 6.32. The third-order valence-electron chi connectivity index (χ3n) is 12.8. The molecule has 0 atom stereocenters. The van der Waals surface area contributed by atoms with Crippen molar-refractivity contribution in [2.24, 2.45) is 0 Å². The summed E-state index contributed by atoms with van der Waals surface area (Å²) in [4.78, 5) is 2.43. The zero-order chi connectivity index (χ0) is 41.8. The first-order chi connectivity index (χ1) is 30.4. The number of nitrogens with zero attached hydrogens (tertiary/aromatic N) is 1. The Morgan fingerprint density at radius 1 is 0.355 bits per heavy atom. The van der Waals surface area contributed by atoms with E-state index >= 15 is 0 Å². The van der Waals surface area contributed by atoms with Crippen LogP contribution in [0.2, 0.25) is 0 Å². The third-order valence-corrected chi connectivity index (χ3v) is 17.6. The summed E-state index contributed by atoms with van der Waals surface area (Å²) < 4.78 is 6.63. The van der Waals surface area contributed by atoms with Gasteiger partial charge in [0.2, 0.25) is 0 Å². The Kier molecular flexibility index (Phi) is 9.21. The Balaban J connectivity index is 1.15. The minimum Gasteiger partial charge on any atom is -0.455 e. The van der Waals surface area contributed by atoms with E-state index in [1.807, 2.05) is 6.07 Å². The van der Waals surface area contributed by atoms with Gasteiger partial charge in [-0.15, -0.1) is 0 Å². The van der Waals surface area contributed by atoms with Crippen LogP contribution in [0.15, 0.2) is 223 Å². The van der Waals surface area contributed by atoms with E-state index < -0.39 is 8.07 Å². The molecular weight excluding hydrogens is 767 g/mol. The molecular formula is C59H45NOSi. The number of hydrogen-bond acceptors (Lipinski definition) is 2. The van der Waals surface area contributed by atoms with Gasteiger partial charge in [-0.05, 0) is 117 Å². The normalized spacial score (nSPS) is 11.8. The highest BCUT2D eigenvalue weighted by molar-refractivity contribution is 7.20. The molecule has 11 aromatic rings. The molecule has 1 heterocycles. The Bertz CT molecular complexity index is 3300. The number of furan rings is 1. The molecule has 11 rings (SSSR count). The van der Waals surface area contributed by atoms with Crippen molar-refractivity contribution in [3.8, 4) is 11.1 Å². The van der Waals surface area contributed by atoms with Crippen LogP contribution in [-0.4, -0.2) is 8.07 Å². The number of anilines is 3. The summed E-state index contributed by atoms with van der Waals surface area (Å²) in [5, 5.41) is 12.4. The summed E-state index contributed by atoms with van der Waals surface area (Å²) in [6.45, 7) is 6.53. The van der Waals surface area contributed by atoms with Crippen molar-refractivity contribution in [1.29, 1.82) is 0 Å². The topological polar surface area (TPSA) is 16.4 Å². The minimum absolute atomic E-state index is 0.901. The molecule has 296 valence electrons. The van der Waals surface area contributed by atoms with Crippen molar-refractivity contribution < 1.29 is 4.42 Å². The van der Waals surface area contributed by atoms with Gasteiger partial charge in [0.25, 0.3) is 0 Å². The van der Waals surface area contributed by atoms with Crippen LogP contribution in [-0.2, 0) is 0 Å². The number of aryl methyl sites for hydroxylation is 3. The van der Waals surface area contributed by atoms with Crippen molar-refractivity contribution >= 4 is 89.4 Å². The molecule has 2 nitrogen and oxygen atoms in total. The van der Waals surface area contributed by atoms with Crippen molar-refractivity contribution in [2.75, 3.05) is 4.90 Å². The lowest BCUT2D eigenvalue weighted by molar-refractivity contribution is 0.672. The van der Waals surface area contributed by atoms with Gasteiger partial charge in [0.15, 0.2) is 8.07 Å². The molecule has 0 saturated carbocycles. The zero-order valence-electron chi connectivity index (χ0n) is 35.1. The van der Waals surface area contributed by atoms with Gasteiger partial charge in [-0.2, -0.15) is 0 Å². The minimum atomic E-state index is -2.87. The SMILES string of the molecule is Cc1ccc([Si](c2ccc(C)cc2)(c2ccc(C)cc2)c2cccc(N(c3ccc(-c4cccc5ccccc45)cc3)c3ccc4ccc5c6ccccc6oc5c4c3)c2)cc1. The highest BCUT2D eigenvalue weighted by Gasteiger charge is 2.42. The highest BCUT2D eigenvalue weighted by atomic mass is 28.3. The standard InChI is InChI=1S/C59H45NOSi/c1-40-18-31-49(32-19-40)62(50-33-20-41(2)21-34-50,51-35-22-42(3)23-36-51)52-13-9-12-47(38-52)60(46-28-24-44(25-29-46)54-16-8-11-43-10-4-5-14-53(43)54)48-30-26-45-27-37-56-55-15-6-7-17-58(55)61-59(56)57(45)39-48/h4-39H,1-3H3. The van der Waals surface area contributed by atoms with Gasteiger partial charge in [0, 0.05) is 33.2 Å². The van der Waals surface area contributed by atoms with Gasteiger partial charge >= 0.3 is 0 Å². The summed E-state index contributed by atoms with van der Waals surface area (Å²) in [7, 11) is -2.87. The van der Waals surface area contributed by atoms with E-state index in [1.54, 1.807) is 0 Å². The van der Waals surface area contributed by atoms with Crippen LogP contribution in [0.3, 0.4) is 0 Å². The highest BCUT2D eigenvalue weighted by Crippen LogP contribution is 2.41. The van der Waals surface area contributed by atoms with Crippen molar-refractivity contribution in [3.05, 3.63) is 235 Å². The predicted octanol–water partition coefficient (Wildman–Crippen LogP) is 13.3. The fourth-order valence-corrected chi connectivity index (χ4v) is 14.3. The number of rotatable bonds is 8. The molecule has 0 radical (unpaired) electrons. The quantitative estimate of drug-likeness (QED) is 0.112. The molecule has 0 saturated heterocycles. The molecule has 1 aromatic heterocycles. The molecule has 62 heavy (non-hydrogen) atoms. The molecule has 0 aliphatic rings. The molecule has 0 bridgehead atoms. The predicted molar refractivity (Wildman–Crippen MR) is 267 cm³/mol. The maximum absolute atomic E-state index is 6.63. The van der Waals surface area contributed by atoms with Crippen LogP contribution < -0.4 is 25.6 Å². The Morgan fingerprint density at radius 3 is 1.56 bits per heavy atom. The fraction of sp³-hybridized carbons (Fsp3) is 0.0508. The van der Waals surface area contributed by atoms with Crippen LogP contribution in [0.5, 0.6) is 0 Å². The van der Waals surface area contributed by atoms with Gasteiger partial charge in [-0.1, -0.05) is 187 Å². The summed E-state index contributed by atoms with van der Waals surface area (Å²) in [5.41, 5.74) is 11.2. The van der Waals surface area contributed by atoms with E-state index in [-0.39, 0.29) is 0 Å². The van der Waals surface area contributed by atoms with Crippen molar-refractivity contribution in [2.45, 2.75) is 20.8 Å². The number of para-hydroxylation sites is 1. The molecule has 0 fully saturated rings. The van der Waals surface area contributed by atoms with E-state index in [9.17, 15) is 0 Å². The summed E-state index contributed by atoms with van der Waals surface area (Å²) in [5.74, 6) is 0. The van der Waals surface area contributed by atoms with Crippen LogP contribution in [0.4, 0.5) is 17.1 Å². The first-order valence-corrected chi connectivity index (χ1v) is 23.5. The fourth-order valence-electron chi connectivity index (χ4n) is 9.63. The molecule has 10 aromatic carbocycles. The molecule has 0 N–H and O–H groups in total. The van der Waals surface area contributed by atoms with Crippen molar-refractivity contribution in [1.82, 2.24) is 0 Å². The first-order valence-electron chi connectivity index (χ1n) is 21.5. The molecule has 0 spiro atoms. The smallest absolute Gasteiger partial charge is 0.179 e. The van der Waals surface area contributed by atoms with Crippen LogP contribution in [0.1, 0.15) is 16.7 Å². The van der Waals surface area contributed by atoms with Gasteiger partial charge < -0.3 is 9.32 Å². The van der Waals surface area contributed by atoms with Crippen LogP contribution >= 0.6 is 0 Å². The average molecular weight is 812 g/mol. The first kappa shape index (κ1) is 37.5. The molecule has 0 unspecified atom stereocenters. The molecule has 3 heteroatoms. The lowest BCUT2D eigenvalue weighted by Crippen LogP contribution is -2.74. The second-order valence-corrected chi connectivity index (χ2v) is 20.6. The summed E-state index contributed by atoms with van der Waals surface area (Å²) >= 11 is 0. The maximum Gasteiger partial charge on any atom is 0.179 e. The van der Waals surface area contributed by atoms with Gasteiger partial charge in [0.1, 0.15) is 11.2 Å². The van der Waals surface area contributed by atoms with E-state index in [0.717, 1.165) is 49.8 Å².